The molecular formula is C18H27IN6O2. The predicted molar refractivity (Wildman–Crippen MR) is 115 cm³/mol. The van der Waals surface area contributed by atoms with Crippen LogP contribution in [0.3, 0.4) is 0 Å². The number of ether oxygens (including phenoxy) is 2. The average Bonchev–Trinajstić information content (AvgIpc) is 2.85. The second-order valence-electron chi connectivity index (χ2n) is 6.07. The van der Waals surface area contributed by atoms with Gasteiger partial charge in [-0.3, -0.25) is 0 Å². The summed E-state index contributed by atoms with van der Waals surface area (Å²) in [6.07, 6.45) is 0.888. The first-order valence-corrected chi connectivity index (χ1v) is 8.93. The molecule has 0 radical (unpaired) electrons. The zero-order chi connectivity index (χ0) is 18.4. The van der Waals surface area contributed by atoms with Crippen molar-refractivity contribution in [3.63, 3.8) is 0 Å². The maximum atomic E-state index is 5.86. The van der Waals surface area contributed by atoms with Crippen LogP contribution in [0.5, 0.6) is 11.5 Å². The first-order chi connectivity index (χ1) is 12.7. The molecule has 2 heterocycles. The van der Waals surface area contributed by atoms with E-state index in [0.29, 0.717) is 26.3 Å². The van der Waals surface area contributed by atoms with Gasteiger partial charge in [-0.05, 0) is 19.9 Å². The highest BCUT2D eigenvalue weighted by Gasteiger charge is 2.14. The number of hydrogen-bond donors (Lipinski definition) is 2. The van der Waals surface area contributed by atoms with E-state index in [0.717, 1.165) is 47.6 Å². The molecule has 3 rings (SSSR count). The van der Waals surface area contributed by atoms with Gasteiger partial charge in [-0.1, -0.05) is 12.1 Å². The summed E-state index contributed by atoms with van der Waals surface area (Å²) in [6, 6.07) is 5.93. The van der Waals surface area contributed by atoms with E-state index in [1.165, 1.54) is 0 Å². The highest BCUT2D eigenvalue weighted by Crippen LogP contribution is 2.33. The van der Waals surface area contributed by atoms with Crippen LogP contribution in [-0.4, -0.2) is 40.5 Å². The third-order valence-electron chi connectivity index (χ3n) is 4.20. The Labute approximate surface area is 176 Å². The fourth-order valence-electron chi connectivity index (χ4n) is 2.65. The van der Waals surface area contributed by atoms with Crippen molar-refractivity contribution < 1.29 is 9.47 Å². The number of halogens is 1. The summed E-state index contributed by atoms with van der Waals surface area (Å²) in [7, 11) is 1.95. The Morgan fingerprint density at radius 3 is 2.78 bits per heavy atom. The van der Waals surface area contributed by atoms with Crippen molar-refractivity contribution in [1.82, 2.24) is 25.4 Å². The highest BCUT2D eigenvalue weighted by atomic mass is 127. The Kier molecular flexibility index (Phi) is 8.14. The molecule has 0 bridgehead atoms. The molecule has 1 aromatic heterocycles. The van der Waals surface area contributed by atoms with Crippen LogP contribution in [0.15, 0.2) is 23.2 Å². The summed E-state index contributed by atoms with van der Waals surface area (Å²) in [4.78, 5) is 4.68. The number of hydrogen-bond acceptors (Lipinski definition) is 5. The van der Waals surface area contributed by atoms with E-state index in [1.54, 1.807) is 0 Å². The summed E-state index contributed by atoms with van der Waals surface area (Å²) < 4.78 is 13.6. The second kappa shape index (κ2) is 10.3. The predicted octanol–water partition coefficient (Wildman–Crippen LogP) is 2.16. The number of benzene rings is 1. The van der Waals surface area contributed by atoms with Gasteiger partial charge in [-0.2, -0.15) is 0 Å². The van der Waals surface area contributed by atoms with Crippen molar-refractivity contribution in [2.24, 2.45) is 12.0 Å². The SMILES string of the molecule is CCNC(=NCc1cccc2c1OCCCO2)NCc1nnc(C)n1C.I. The lowest BCUT2D eigenvalue weighted by molar-refractivity contribution is 0.296. The highest BCUT2D eigenvalue weighted by molar-refractivity contribution is 14.0. The van der Waals surface area contributed by atoms with Crippen molar-refractivity contribution in [1.29, 1.82) is 0 Å². The van der Waals surface area contributed by atoms with Crippen LogP contribution in [0.2, 0.25) is 0 Å². The van der Waals surface area contributed by atoms with Gasteiger partial charge in [-0.15, -0.1) is 34.2 Å². The van der Waals surface area contributed by atoms with Crippen LogP contribution >= 0.6 is 24.0 Å². The van der Waals surface area contributed by atoms with Crippen molar-refractivity contribution in [3.05, 3.63) is 35.4 Å². The van der Waals surface area contributed by atoms with Gasteiger partial charge in [0.15, 0.2) is 23.3 Å². The first-order valence-electron chi connectivity index (χ1n) is 8.93. The fourth-order valence-corrected chi connectivity index (χ4v) is 2.65. The Balaban J connectivity index is 0.00000261. The molecule has 0 fully saturated rings. The number of aliphatic imine (C=N–C) groups is 1. The largest absolute Gasteiger partial charge is 0.490 e. The van der Waals surface area contributed by atoms with Crippen molar-refractivity contribution >= 4 is 29.9 Å². The van der Waals surface area contributed by atoms with Gasteiger partial charge in [-0.25, -0.2) is 4.99 Å². The molecule has 2 N–H and O–H groups in total. The Morgan fingerprint density at radius 2 is 2.04 bits per heavy atom. The fraction of sp³-hybridized carbons (Fsp3) is 0.500. The number of nitrogens with one attached hydrogen (secondary N) is 2. The van der Waals surface area contributed by atoms with Crippen LogP contribution in [-0.2, 0) is 20.1 Å². The zero-order valence-corrected chi connectivity index (χ0v) is 18.3. The van der Waals surface area contributed by atoms with Crippen LogP contribution < -0.4 is 20.1 Å². The number of para-hydroxylation sites is 1. The number of aryl methyl sites for hydroxylation is 1. The maximum Gasteiger partial charge on any atom is 0.191 e. The van der Waals surface area contributed by atoms with E-state index in [-0.39, 0.29) is 24.0 Å². The molecule has 148 valence electrons. The average molecular weight is 486 g/mol. The molecule has 8 nitrogen and oxygen atoms in total. The van der Waals surface area contributed by atoms with Gasteiger partial charge in [0, 0.05) is 25.6 Å². The molecule has 0 aliphatic carbocycles. The second-order valence-corrected chi connectivity index (χ2v) is 6.07. The standard InChI is InChI=1S/C18H26N6O2.HI/c1-4-19-18(21-12-16-23-22-13(2)24(16)3)20-11-14-7-5-8-15-17(14)26-10-6-9-25-15;/h5,7-8H,4,6,9-12H2,1-3H3,(H2,19,20,21);1H. The van der Waals surface area contributed by atoms with Crippen molar-refractivity contribution in [3.8, 4) is 11.5 Å². The van der Waals surface area contributed by atoms with E-state index in [9.17, 15) is 0 Å². The summed E-state index contributed by atoms with van der Waals surface area (Å²) in [5.74, 6) is 4.06. The number of rotatable bonds is 5. The van der Waals surface area contributed by atoms with Crippen LogP contribution in [0.25, 0.3) is 0 Å². The minimum absolute atomic E-state index is 0. The Bertz CT molecular complexity index is 777. The smallest absolute Gasteiger partial charge is 0.191 e. The molecule has 0 unspecified atom stereocenters. The molecule has 1 aliphatic rings. The molecule has 1 aromatic carbocycles. The summed E-state index contributed by atoms with van der Waals surface area (Å²) >= 11 is 0. The number of aromatic nitrogens is 3. The molecule has 1 aliphatic heterocycles. The molecule has 0 atom stereocenters. The minimum atomic E-state index is 0. The zero-order valence-electron chi connectivity index (χ0n) is 16.0. The van der Waals surface area contributed by atoms with Gasteiger partial charge in [0.05, 0.1) is 26.3 Å². The van der Waals surface area contributed by atoms with E-state index in [4.69, 9.17) is 9.47 Å². The number of nitrogens with zero attached hydrogens (tertiary/aromatic N) is 4. The third-order valence-corrected chi connectivity index (χ3v) is 4.20. The van der Waals surface area contributed by atoms with E-state index in [1.807, 2.05) is 43.7 Å². The molecule has 0 amide bonds. The molecule has 2 aromatic rings. The Morgan fingerprint density at radius 1 is 1.22 bits per heavy atom. The molecule has 0 spiro atoms. The Hall–Kier alpha value is -2.04. The van der Waals surface area contributed by atoms with E-state index < -0.39 is 0 Å². The summed E-state index contributed by atoms with van der Waals surface area (Å²) in [5.41, 5.74) is 1.01. The summed E-state index contributed by atoms with van der Waals surface area (Å²) in [6.45, 7) is 7.14. The lowest BCUT2D eigenvalue weighted by Crippen LogP contribution is -2.37. The third kappa shape index (κ3) is 5.47. The molecule has 0 saturated heterocycles. The monoisotopic (exact) mass is 486 g/mol. The van der Waals surface area contributed by atoms with Crippen molar-refractivity contribution in [2.75, 3.05) is 19.8 Å². The first kappa shape index (κ1) is 21.3. The van der Waals surface area contributed by atoms with Crippen molar-refractivity contribution in [2.45, 2.75) is 33.4 Å². The van der Waals surface area contributed by atoms with Crippen LogP contribution in [0.4, 0.5) is 0 Å². The topological polar surface area (TPSA) is 85.6 Å². The number of guanidine groups is 1. The van der Waals surface area contributed by atoms with Gasteiger partial charge in [0.2, 0.25) is 0 Å². The molecule has 27 heavy (non-hydrogen) atoms. The molecule has 9 heteroatoms. The van der Waals surface area contributed by atoms with E-state index >= 15 is 0 Å². The van der Waals surface area contributed by atoms with Gasteiger partial charge in [0.25, 0.3) is 0 Å². The van der Waals surface area contributed by atoms with Gasteiger partial charge < -0.3 is 24.7 Å². The lowest BCUT2D eigenvalue weighted by Gasteiger charge is -2.13. The van der Waals surface area contributed by atoms with E-state index in [2.05, 4.69) is 25.8 Å². The maximum absolute atomic E-state index is 5.86. The lowest BCUT2D eigenvalue weighted by atomic mass is 10.2. The summed E-state index contributed by atoms with van der Waals surface area (Å²) in [5, 5.41) is 14.8. The van der Waals surface area contributed by atoms with Gasteiger partial charge >= 0.3 is 0 Å². The van der Waals surface area contributed by atoms with Crippen LogP contribution in [0.1, 0.15) is 30.6 Å². The molecule has 0 saturated carbocycles. The molecular weight excluding hydrogens is 459 g/mol. The normalized spacial score (nSPS) is 13.5. The van der Waals surface area contributed by atoms with Gasteiger partial charge in [0.1, 0.15) is 5.82 Å². The number of fused-ring (bicyclic) bond motifs is 1. The quantitative estimate of drug-likeness (QED) is 0.383. The minimum Gasteiger partial charge on any atom is -0.490 e. The van der Waals surface area contributed by atoms with Crippen LogP contribution in [0, 0.1) is 6.92 Å².